The highest BCUT2D eigenvalue weighted by Gasteiger charge is 2.16. The Kier molecular flexibility index (Phi) is 4.93. The predicted octanol–water partition coefficient (Wildman–Crippen LogP) is 3.55. The van der Waals surface area contributed by atoms with Gasteiger partial charge in [0.2, 0.25) is 0 Å². The van der Waals surface area contributed by atoms with Crippen molar-refractivity contribution in [2.75, 3.05) is 12.4 Å². The molecule has 0 amide bonds. The van der Waals surface area contributed by atoms with Crippen LogP contribution in [0.3, 0.4) is 0 Å². The van der Waals surface area contributed by atoms with Crippen LogP contribution in [0, 0.1) is 5.82 Å². The van der Waals surface area contributed by atoms with E-state index in [0.29, 0.717) is 0 Å². The summed E-state index contributed by atoms with van der Waals surface area (Å²) in [5.74, 6) is -0.452. The molecule has 0 bridgehead atoms. The van der Waals surface area contributed by atoms with E-state index in [-0.39, 0.29) is 22.6 Å². The first-order valence-corrected chi connectivity index (χ1v) is 7.65. The van der Waals surface area contributed by atoms with Crippen molar-refractivity contribution in [1.29, 1.82) is 0 Å². The second kappa shape index (κ2) is 7.47. The van der Waals surface area contributed by atoms with E-state index >= 15 is 0 Å². The molecule has 0 saturated carbocycles. The van der Waals surface area contributed by atoms with Crippen LogP contribution in [0.1, 0.15) is 10.4 Å². The number of aromatic carboxylic acids is 1. The van der Waals surface area contributed by atoms with Gasteiger partial charge in [0.25, 0.3) is 0 Å². The second-order valence-electron chi connectivity index (χ2n) is 5.15. The van der Waals surface area contributed by atoms with E-state index in [4.69, 9.17) is 9.52 Å². The number of pyridine rings is 1. The Labute approximate surface area is 147 Å². The molecule has 0 fully saturated rings. The summed E-state index contributed by atoms with van der Waals surface area (Å²) in [6, 6.07) is 12.8. The summed E-state index contributed by atoms with van der Waals surface area (Å²) >= 11 is 0. The Balaban J connectivity index is 0.000000236. The van der Waals surface area contributed by atoms with E-state index in [9.17, 15) is 9.18 Å². The number of hydrogen-bond donors (Lipinski definition) is 2. The zero-order valence-corrected chi connectivity index (χ0v) is 13.8. The molecule has 0 spiro atoms. The number of hydrogen-bond acceptors (Lipinski definition) is 5. The molecule has 0 atom stereocenters. The van der Waals surface area contributed by atoms with Crippen LogP contribution in [0.5, 0.6) is 0 Å². The fraction of sp³-hybridized carbons (Fsp3) is 0.0556. The monoisotopic (exact) mass is 354 g/mol. The van der Waals surface area contributed by atoms with E-state index in [0.717, 1.165) is 5.88 Å². The molecule has 1 aromatic carbocycles. The lowest BCUT2D eigenvalue weighted by Gasteiger charge is -2.02. The van der Waals surface area contributed by atoms with Crippen LogP contribution in [0.25, 0.3) is 17.0 Å². The summed E-state index contributed by atoms with van der Waals surface area (Å²) in [6.45, 7) is 0. The number of nitrogens with one attached hydrogen (secondary N) is 1. The number of aromatic nitrogens is 3. The zero-order valence-electron chi connectivity index (χ0n) is 13.8. The van der Waals surface area contributed by atoms with Gasteiger partial charge in [-0.3, -0.25) is 4.40 Å². The van der Waals surface area contributed by atoms with Gasteiger partial charge in [0.1, 0.15) is 11.4 Å². The molecule has 4 aromatic rings. The summed E-state index contributed by atoms with van der Waals surface area (Å²) in [6.07, 6.45) is 3.23. The van der Waals surface area contributed by atoms with E-state index in [2.05, 4.69) is 15.5 Å². The lowest BCUT2D eigenvalue weighted by Crippen LogP contribution is -2.01. The third kappa shape index (κ3) is 3.39. The maximum Gasteiger partial charge on any atom is 0.339 e. The van der Waals surface area contributed by atoms with Gasteiger partial charge in [0.15, 0.2) is 17.4 Å². The van der Waals surface area contributed by atoms with E-state index in [1.54, 1.807) is 36.7 Å². The number of nitrogens with zero attached hydrogens (tertiary/aromatic N) is 3. The molecular formula is C18H15FN4O3. The minimum Gasteiger partial charge on any atom is -0.478 e. The smallest absolute Gasteiger partial charge is 0.339 e. The van der Waals surface area contributed by atoms with Crippen LogP contribution in [0.2, 0.25) is 0 Å². The van der Waals surface area contributed by atoms with Crippen molar-refractivity contribution in [2.24, 2.45) is 0 Å². The summed E-state index contributed by atoms with van der Waals surface area (Å²) in [4.78, 5) is 11.1. The van der Waals surface area contributed by atoms with Gasteiger partial charge >= 0.3 is 5.97 Å². The Morgan fingerprint density at radius 1 is 1.15 bits per heavy atom. The van der Waals surface area contributed by atoms with Crippen molar-refractivity contribution in [2.45, 2.75) is 0 Å². The first-order chi connectivity index (χ1) is 12.6. The Morgan fingerprint density at radius 2 is 1.96 bits per heavy atom. The van der Waals surface area contributed by atoms with Gasteiger partial charge in [0.05, 0.1) is 11.8 Å². The maximum absolute atomic E-state index is 13.7. The van der Waals surface area contributed by atoms with Crippen molar-refractivity contribution in [3.8, 4) is 11.4 Å². The number of rotatable bonds is 3. The number of halogens is 1. The molecule has 8 heteroatoms. The van der Waals surface area contributed by atoms with Gasteiger partial charge in [0, 0.05) is 19.3 Å². The van der Waals surface area contributed by atoms with Crippen LogP contribution in [0.15, 0.2) is 65.4 Å². The molecule has 3 aromatic heterocycles. The molecular weight excluding hydrogens is 339 g/mol. The summed E-state index contributed by atoms with van der Waals surface area (Å²) < 4.78 is 20.1. The zero-order chi connectivity index (χ0) is 18.5. The number of anilines is 1. The summed E-state index contributed by atoms with van der Waals surface area (Å²) in [5, 5.41) is 19.6. The van der Waals surface area contributed by atoms with Gasteiger partial charge in [-0.2, -0.15) is 0 Å². The fourth-order valence-electron chi connectivity index (χ4n) is 2.33. The van der Waals surface area contributed by atoms with Gasteiger partial charge < -0.3 is 14.8 Å². The van der Waals surface area contributed by atoms with Crippen LogP contribution in [-0.4, -0.2) is 32.7 Å². The third-order valence-corrected chi connectivity index (χ3v) is 3.55. The van der Waals surface area contributed by atoms with Crippen LogP contribution in [0.4, 0.5) is 10.3 Å². The average Bonchev–Trinajstić information content (AvgIpc) is 3.32. The first kappa shape index (κ1) is 17.2. The minimum absolute atomic E-state index is 0.0255. The van der Waals surface area contributed by atoms with Gasteiger partial charge in [-0.1, -0.05) is 12.1 Å². The SMILES string of the molecule is CNc1ccco1.O=C(O)c1cccn2c(-c3ccccc3F)nnc12. The lowest BCUT2D eigenvalue weighted by atomic mass is 10.2. The Hall–Kier alpha value is -3.68. The highest BCUT2D eigenvalue weighted by atomic mass is 19.1. The highest BCUT2D eigenvalue weighted by Crippen LogP contribution is 2.22. The largest absolute Gasteiger partial charge is 0.478 e. The quantitative estimate of drug-likeness (QED) is 0.584. The normalized spacial score (nSPS) is 10.2. The molecule has 0 radical (unpaired) electrons. The molecule has 0 saturated heterocycles. The molecule has 132 valence electrons. The molecule has 0 aliphatic rings. The Morgan fingerprint density at radius 3 is 2.58 bits per heavy atom. The Bertz CT molecular complexity index is 1030. The second-order valence-corrected chi connectivity index (χ2v) is 5.15. The topological polar surface area (TPSA) is 92.7 Å². The molecule has 3 heterocycles. The molecule has 4 rings (SSSR count). The van der Waals surface area contributed by atoms with Crippen molar-refractivity contribution in [3.63, 3.8) is 0 Å². The average molecular weight is 354 g/mol. The van der Waals surface area contributed by atoms with Crippen LogP contribution in [-0.2, 0) is 0 Å². The molecule has 0 aliphatic heterocycles. The number of benzene rings is 1. The molecule has 0 unspecified atom stereocenters. The minimum atomic E-state index is -1.10. The predicted molar refractivity (Wildman–Crippen MR) is 93.6 cm³/mol. The van der Waals surface area contributed by atoms with Crippen molar-refractivity contribution in [3.05, 3.63) is 72.4 Å². The summed E-state index contributed by atoms with van der Waals surface area (Å²) in [7, 11) is 1.82. The van der Waals surface area contributed by atoms with E-state index < -0.39 is 11.8 Å². The lowest BCUT2D eigenvalue weighted by molar-refractivity contribution is 0.0698. The fourth-order valence-corrected chi connectivity index (χ4v) is 2.33. The number of carboxylic acid groups (broad SMARTS) is 1. The highest BCUT2D eigenvalue weighted by molar-refractivity contribution is 5.94. The molecule has 26 heavy (non-hydrogen) atoms. The maximum atomic E-state index is 13.7. The van der Waals surface area contributed by atoms with Gasteiger partial charge in [-0.05, 0) is 30.3 Å². The van der Waals surface area contributed by atoms with E-state index in [1.807, 2.05) is 19.2 Å². The van der Waals surface area contributed by atoms with Crippen LogP contribution >= 0.6 is 0 Å². The molecule has 2 N–H and O–H groups in total. The van der Waals surface area contributed by atoms with Gasteiger partial charge in [-0.15, -0.1) is 10.2 Å². The first-order valence-electron chi connectivity index (χ1n) is 7.65. The number of furan rings is 1. The molecule has 7 nitrogen and oxygen atoms in total. The van der Waals surface area contributed by atoms with Crippen molar-refractivity contribution in [1.82, 2.24) is 14.6 Å². The van der Waals surface area contributed by atoms with Crippen molar-refractivity contribution < 1.29 is 18.7 Å². The molecule has 0 aliphatic carbocycles. The van der Waals surface area contributed by atoms with Crippen LogP contribution < -0.4 is 5.32 Å². The van der Waals surface area contributed by atoms with Crippen molar-refractivity contribution >= 4 is 17.5 Å². The summed E-state index contributed by atoms with van der Waals surface area (Å²) in [5.41, 5.74) is 0.489. The number of carbonyl (C=O) groups is 1. The van der Waals surface area contributed by atoms with Gasteiger partial charge in [-0.25, -0.2) is 9.18 Å². The van der Waals surface area contributed by atoms with E-state index in [1.165, 1.54) is 16.5 Å². The standard InChI is InChI=1S/C13H8FN3O2.C5H7NO/c14-10-6-2-1-4-8(10)11-15-16-12-9(13(18)19)5-3-7-17(11)12;1-6-5-3-2-4-7-5/h1-7H,(H,18,19);2-4,6H,1H3. The number of carboxylic acids is 1. The number of fused-ring (bicyclic) bond motifs is 1. The third-order valence-electron chi connectivity index (χ3n) is 3.55.